The van der Waals surface area contributed by atoms with E-state index in [0.29, 0.717) is 5.28 Å². The van der Waals surface area contributed by atoms with Crippen molar-refractivity contribution in [2.45, 2.75) is 19.8 Å². The first kappa shape index (κ1) is 15.5. The molecule has 4 nitrogen and oxygen atoms in total. The van der Waals surface area contributed by atoms with Gasteiger partial charge in [0, 0.05) is 25.4 Å². The Hall–Kier alpha value is -0.580. The molecule has 0 spiro atoms. The molecule has 2 rings (SSSR count). The minimum atomic E-state index is 0. The van der Waals surface area contributed by atoms with E-state index >= 15 is 0 Å². The van der Waals surface area contributed by atoms with Gasteiger partial charge in [-0.25, -0.2) is 9.97 Å². The van der Waals surface area contributed by atoms with Gasteiger partial charge in [0.25, 0.3) is 0 Å². The molecule has 1 saturated heterocycles. The van der Waals surface area contributed by atoms with Gasteiger partial charge in [-0.05, 0) is 50.4 Å². The van der Waals surface area contributed by atoms with Crippen LogP contribution in [0.5, 0.6) is 0 Å². The maximum atomic E-state index is 5.88. The Balaban J connectivity index is 0.00000162. The molecule has 0 aromatic carbocycles. The van der Waals surface area contributed by atoms with Gasteiger partial charge in [-0.1, -0.05) is 0 Å². The Morgan fingerprint density at radius 2 is 2.06 bits per heavy atom. The maximum absolute atomic E-state index is 5.88. The van der Waals surface area contributed by atoms with Crippen molar-refractivity contribution in [3.63, 3.8) is 0 Å². The second-order valence-corrected chi connectivity index (χ2v) is 5.05. The number of rotatable bonds is 3. The molecular weight excluding hydrogens is 271 g/mol. The Morgan fingerprint density at radius 3 is 2.67 bits per heavy atom. The molecule has 0 unspecified atom stereocenters. The third kappa shape index (κ3) is 4.26. The highest BCUT2D eigenvalue weighted by molar-refractivity contribution is 6.28. The zero-order valence-electron chi connectivity index (χ0n) is 10.8. The van der Waals surface area contributed by atoms with Crippen LogP contribution in [0.25, 0.3) is 0 Å². The van der Waals surface area contributed by atoms with Crippen molar-refractivity contribution in [3.8, 4) is 0 Å². The van der Waals surface area contributed by atoms with Gasteiger partial charge in [0.15, 0.2) is 0 Å². The van der Waals surface area contributed by atoms with Crippen LogP contribution in [0.15, 0.2) is 6.07 Å². The van der Waals surface area contributed by atoms with E-state index in [-0.39, 0.29) is 12.4 Å². The number of aromatic nitrogens is 2. The second kappa shape index (κ2) is 7.12. The predicted molar refractivity (Wildman–Crippen MR) is 77.9 cm³/mol. The summed E-state index contributed by atoms with van der Waals surface area (Å²) < 4.78 is 0. The van der Waals surface area contributed by atoms with Crippen LogP contribution >= 0.6 is 24.0 Å². The number of nitrogens with zero attached hydrogens (tertiary/aromatic N) is 3. The average Bonchev–Trinajstić information content (AvgIpc) is 2.29. The third-order valence-corrected chi connectivity index (χ3v) is 3.36. The Morgan fingerprint density at radius 1 is 1.39 bits per heavy atom. The molecule has 1 aromatic rings. The Kier molecular flexibility index (Phi) is 6.12. The first-order valence-electron chi connectivity index (χ1n) is 6.08. The highest BCUT2D eigenvalue weighted by atomic mass is 35.5. The number of nitrogens with one attached hydrogen (secondary N) is 1. The number of anilines is 1. The van der Waals surface area contributed by atoms with Crippen LogP contribution in [0.2, 0.25) is 5.28 Å². The van der Waals surface area contributed by atoms with Gasteiger partial charge in [0.05, 0.1) is 0 Å². The molecule has 1 aliphatic heterocycles. The molecule has 0 aliphatic carbocycles. The summed E-state index contributed by atoms with van der Waals surface area (Å²) in [7, 11) is 2.07. The van der Waals surface area contributed by atoms with Gasteiger partial charge in [-0.15, -0.1) is 12.4 Å². The molecule has 0 amide bonds. The van der Waals surface area contributed by atoms with E-state index in [9.17, 15) is 0 Å². The van der Waals surface area contributed by atoms with E-state index in [1.54, 1.807) is 0 Å². The summed E-state index contributed by atoms with van der Waals surface area (Å²) in [6.07, 6.45) is 2.48. The van der Waals surface area contributed by atoms with E-state index in [0.717, 1.165) is 37.1 Å². The molecule has 1 aromatic heterocycles. The quantitative estimate of drug-likeness (QED) is 0.868. The van der Waals surface area contributed by atoms with Gasteiger partial charge in [-0.2, -0.15) is 0 Å². The monoisotopic (exact) mass is 290 g/mol. The second-order valence-electron chi connectivity index (χ2n) is 4.71. The minimum Gasteiger partial charge on any atom is -0.359 e. The molecule has 0 saturated carbocycles. The number of halogens is 2. The van der Waals surface area contributed by atoms with Crippen LogP contribution in [0.3, 0.4) is 0 Å². The molecule has 102 valence electrons. The minimum absolute atomic E-state index is 0. The lowest BCUT2D eigenvalue weighted by atomic mass is 9.98. The fraction of sp³-hybridized carbons (Fsp3) is 0.667. The van der Waals surface area contributed by atoms with E-state index in [1.807, 2.05) is 13.0 Å². The van der Waals surface area contributed by atoms with E-state index in [2.05, 4.69) is 27.2 Å². The Labute approximate surface area is 120 Å². The van der Waals surface area contributed by atoms with E-state index < -0.39 is 0 Å². The molecule has 1 aliphatic rings. The molecule has 0 bridgehead atoms. The average molecular weight is 291 g/mol. The van der Waals surface area contributed by atoms with Crippen LogP contribution in [0.4, 0.5) is 5.82 Å². The largest absolute Gasteiger partial charge is 0.359 e. The SMILES string of the molecule is Cc1cc(N(C)CC2CCNCC2)nc(Cl)n1.Cl. The lowest BCUT2D eigenvalue weighted by Crippen LogP contribution is -2.34. The number of hydrogen-bond acceptors (Lipinski definition) is 4. The normalized spacial score (nSPS) is 16.2. The first-order valence-corrected chi connectivity index (χ1v) is 6.46. The number of piperidine rings is 1. The molecule has 0 radical (unpaired) electrons. The summed E-state index contributed by atoms with van der Waals surface area (Å²) >= 11 is 5.88. The number of aryl methyl sites for hydroxylation is 1. The van der Waals surface area contributed by atoms with Crippen LogP contribution in [0.1, 0.15) is 18.5 Å². The standard InChI is InChI=1S/C12H19ClN4.ClH/c1-9-7-11(16-12(13)15-9)17(2)8-10-3-5-14-6-4-10;/h7,10,14H,3-6,8H2,1-2H3;1H. The third-order valence-electron chi connectivity index (χ3n) is 3.20. The van der Waals surface area contributed by atoms with Gasteiger partial charge < -0.3 is 10.2 Å². The molecular formula is C12H20Cl2N4. The van der Waals surface area contributed by atoms with Crippen molar-refractivity contribution in [2.75, 3.05) is 31.6 Å². The van der Waals surface area contributed by atoms with Gasteiger partial charge >= 0.3 is 0 Å². The maximum Gasteiger partial charge on any atom is 0.224 e. The summed E-state index contributed by atoms with van der Waals surface area (Å²) in [5.74, 6) is 1.66. The molecule has 0 atom stereocenters. The lowest BCUT2D eigenvalue weighted by molar-refractivity contribution is 0.377. The van der Waals surface area contributed by atoms with Gasteiger partial charge in [0.2, 0.25) is 5.28 Å². The van der Waals surface area contributed by atoms with Crippen LogP contribution < -0.4 is 10.2 Å². The summed E-state index contributed by atoms with van der Waals surface area (Å²) in [5, 5.41) is 3.71. The zero-order valence-corrected chi connectivity index (χ0v) is 12.4. The molecule has 2 heterocycles. The van der Waals surface area contributed by atoms with Gasteiger partial charge in [0.1, 0.15) is 5.82 Å². The highest BCUT2D eigenvalue weighted by Gasteiger charge is 2.16. The molecule has 6 heteroatoms. The topological polar surface area (TPSA) is 41.0 Å². The van der Waals surface area contributed by atoms with Gasteiger partial charge in [-0.3, -0.25) is 0 Å². The first-order chi connectivity index (χ1) is 8.15. The lowest BCUT2D eigenvalue weighted by Gasteiger charge is -2.28. The highest BCUT2D eigenvalue weighted by Crippen LogP contribution is 2.18. The summed E-state index contributed by atoms with van der Waals surface area (Å²) in [6.45, 7) is 5.23. The van der Waals surface area contributed by atoms with Crippen molar-refractivity contribution in [2.24, 2.45) is 5.92 Å². The van der Waals surface area contributed by atoms with Crippen molar-refractivity contribution < 1.29 is 0 Å². The number of hydrogen-bond donors (Lipinski definition) is 1. The molecule has 18 heavy (non-hydrogen) atoms. The predicted octanol–water partition coefficient (Wildman–Crippen LogP) is 2.30. The van der Waals surface area contributed by atoms with Crippen LogP contribution in [0, 0.1) is 12.8 Å². The van der Waals surface area contributed by atoms with Crippen LogP contribution in [-0.2, 0) is 0 Å². The summed E-state index contributed by atoms with van der Waals surface area (Å²) in [6, 6.07) is 1.98. The Bertz CT molecular complexity index is 360. The fourth-order valence-corrected chi connectivity index (χ4v) is 2.48. The van der Waals surface area contributed by atoms with Crippen LogP contribution in [-0.4, -0.2) is 36.6 Å². The fourth-order valence-electron chi connectivity index (χ4n) is 2.26. The van der Waals surface area contributed by atoms with Crippen molar-refractivity contribution in [3.05, 3.63) is 17.0 Å². The smallest absolute Gasteiger partial charge is 0.224 e. The van der Waals surface area contributed by atoms with Crippen molar-refractivity contribution >= 4 is 29.8 Å². The molecule has 1 N–H and O–H groups in total. The summed E-state index contributed by atoms with van der Waals surface area (Å²) in [4.78, 5) is 10.5. The van der Waals surface area contributed by atoms with E-state index in [4.69, 9.17) is 11.6 Å². The van der Waals surface area contributed by atoms with Crippen molar-refractivity contribution in [1.29, 1.82) is 0 Å². The summed E-state index contributed by atoms with van der Waals surface area (Å²) in [5.41, 5.74) is 0.914. The van der Waals surface area contributed by atoms with E-state index in [1.165, 1.54) is 12.8 Å². The molecule has 1 fully saturated rings. The van der Waals surface area contributed by atoms with Crippen molar-refractivity contribution in [1.82, 2.24) is 15.3 Å². The zero-order chi connectivity index (χ0) is 12.3.